The lowest BCUT2D eigenvalue weighted by atomic mass is 9.91. The van der Waals surface area contributed by atoms with E-state index < -0.39 is 0 Å². The van der Waals surface area contributed by atoms with E-state index in [0.29, 0.717) is 6.04 Å². The lowest BCUT2D eigenvalue weighted by Gasteiger charge is -2.28. The second kappa shape index (κ2) is 6.24. The van der Waals surface area contributed by atoms with Crippen molar-refractivity contribution in [2.75, 3.05) is 20.1 Å². The summed E-state index contributed by atoms with van der Waals surface area (Å²) in [4.78, 5) is 2.45. The van der Waals surface area contributed by atoms with Crippen LogP contribution in [0, 0.1) is 23.2 Å². The molecule has 3 unspecified atom stereocenters. The molecule has 3 atom stereocenters. The fourth-order valence-corrected chi connectivity index (χ4v) is 2.93. The van der Waals surface area contributed by atoms with Crippen LogP contribution in [0.3, 0.4) is 0 Å². The maximum absolute atomic E-state index is 9.48. The molecule has 0 saturated heterocycles. The van der Waals surface area contributed by atoms with Crippen LogP contribution in [-0.4, -0.2) is 36.6 Å². The summed E-state index contributed by atoms with van der Waals surface area (Å²) in [6.07, 6.45) is 6.94. The summed E-state index contributed by atoms with van der Waals surface area (Å²) in [6.45, 7) is 6.84. The number of nitriles is 1. The van der Waals surface area contributed by atoms with Gasteiger partial charge in [-0.15, -0.1) is 0 Å². The largest absolute Gasteiger partial charge is 0.306 e. The molecule has 3 heteroatoms. The van der Waals surface area contributed by atoms with Gasteiger partial charge in [0, 0.05) is 12.6 Å². The Balaban J connectivity index is 1.67. The first-order valence-electron chi connectivity index (χ1n) is 7.96. The number of hydrogen-bond donors (Lipinski definition) is 1. The van der Waals surface area contributed by atoms with Crippen molar-refractivity contribution in [2.24, 2.45) is 11.8 Å². The molecule has 1 N–H and O–H groups in total. The smallest absolute Gasteiger partial charge is 0.106 e. The first-order chi connectivity index (χ1) is 9.08. The van der Waals surface area contributed by atoms with Crippen LogP contribution in [0.15, 0.2) is 0 Å². The lowest BCUT2D eigenvalue weighted by Crippen LogP contribution is -2.45. The molecule has 0 aromatic rings. The Morgan fingerprint density at radius 1 is 1.42 bits per heavy atom. The van der Waals surface area contributed by atoms with Crippen LogP contribution < -0.4 is 5.32 Å². The van der Waals surface area contributed by atoms with Gasteiger partial charge in [0.15, 0.2) is 0 Å². The highest BCUT2D eigenvalue weighted by atomic mass is 15.1. The summed E-state index contributed by atoms with van der Waals surface area (Å²) in [5, 5.41) is 13.0. The lowest BCUT2D eigenvalue weighted by molar-refractivity contribution is 0.282. The molecule has 0 spiro atoms. The molecule has 0 aromatic carbocycles. The number of nitrogens with one attached hydrogen (secondary N) is 1. The Morgan fingerprint density at radius 2 is 2.11 bits per heavy atom. The predicted molar refractivity (Wildman–Crippen MR) is 78.8 cm³/mol. The van der Waals surface area contributed by atoms with Crippen molar-refractivity contribution in [1.82, 2.24) is 10.2 Å². The van der Waals surface area contributed by atoms with E-state index in [2.05, 4.69) is 37.2 Å². The molecule has 2 fully saturated rings. The molecule has 2 rings (SSSR count). The molecule has 0 radical (unpaired) electrons. The SMILES string of the molecule is CCC(C#N)(CCCN(C)CC1CC1C)NC1CC1. The van der Waals surface area contributed by atoms with Gasteiger partial charge in [-0.2, -0.15) is 5.26 Å². The van der Waals surface area contributed by atoms with Gasteiger partial charge >= 0.3 is 0 Å². The van der Waals surface area contributed by atoms with Gasteiger partial charge in [-0.3, -0.25) is 5.32 Å². The third-order valence-electron chi connectivity index (χ3n) is 4.84. The van der Waals surface area contributed by atoms with Gasteiger partial charge < -0.3 is 4.90 Å². The van der Waals surface area contributed by atoms with E-state index in [1.165, 1.54) is 25.8 Å². The zero-order chi connectivity index (χ0) is 13.9. The summed E-state index contributed by atoms with van der Waals surface area (Å²) in [6, 6.07) is 3.16. The first kappa shape index (κ1) is 14.8. The van der Waals surface area contributed by atoms with E-state index in [4.69, 9.17) is 0 Å². The van der Waals surface area contributed by atoms with Crippen LogP contribution in [0.1, 0.15) is 52.4 Å². The van der Waals surface area contributed by atoms with Crippen LogP contribution in [0.25, 0.3) is 0 Å². The average molecular weight is 263 g/mol. The minimum atomic E-state index is -0.269. The van der Waals surface area contributed by atoms with Crippen LogP contribution in [0.2, 0.25) is 0 Å². The van der Waals surface area contributed by atoms with Crippen molar-refractivity contribution in [3.8, 4) is 6.07 Å². The second-order valence-electron chi connectivity index (χ2n) is 6.80. The Morgan fingerprint density at radius 3 is 2.58 bits per heavy atom. The van der Waals surface area contributed by atoms with E-state index in [0.717, 1.165) is 37.6 Å². The van der Waals surface area contributed by atoms with Gasteiger partial charge in [-0.1, -0.05) is 13.8 Å². The molecule has 19 heavy (non-hydrogen) atoms. The highest BCUT2D eigenvalue weighted by Gasteiger charge is 2.35. The monoisotopic (exact) mass is 263 g/mol. The van der Waals surface area contributed by atoms with E-state index in [1.54, 1.807) is 0 Å². The van der Waals surface area contributed by atoms with Gasteiger partial charge in [0.25, 0.3) is 0 Å². The van der Waals surface area contributed by atoms with Gasteiger partial charge in [0.1, 0.15) is 5.54 Å². The maximum Gasteiger partial charge on any atom is 0.106 e. The molecule has 2 aliphatic rings. The average Bonchev–Trinajstić information content (AvgIpc) is 3.29. The van der Waals surface area contributed by atoms with Gasteiger partial charge in [0.2, 0.25) is 0 Å². The fraction of sp³-hybridized carbons (Fsp3) is 0.938. The van der Waals surface area contributed by atoms with Crippen molar-refractivity contribution in [3.63, 3.8) is 0 Å². The third-order valence-corrected chi connectivity index (χ3v) is 4.84. The minimum Gasteiger partial charge on any atom is -0.306 e. The summed E-state index contributed by atoms with van der Waals surface area (Å²) < 4.78 is 0. The topological polar surface area (TPSA) is 39.1 Å². The molecule has 2 saturated carbocycles. The molecular formula is C16H29N3. The molecule has 108 valence electrons. The molecule has 0 amide bonds. The first-order valence-corrected chi connectivity index (χ1v) is 7.96. The van der Waals surface area contributed by atoms with Gasteiger partial charge in [-0.05, 0) is 64.0 Å². The van der Waals surface area contributed by atoms with E-state index >= 15 is 0 Å². The quantitative estimate of drug-likeness (QED) is 0.695. The van der Waals surface area contributed by atoms with E-state index in [9.17, 15) is 5.26 Å². The summed E-state index contributed by atoms with van der Waals surface area (Å²) in [5.74, 6) is 1.87. The van der Waals surface area contributed by atoms with E-state index in [-0.39, 0.29) is 5.54 Å². The standard InChI is InChI=1S/C16H29N3/c1-4-16(12-17,18-15-6-7-15)8-5-9-19(3)11-14-10-13(14)2/h13-15,18H,4-11H2,1-3H3. The van der Waals surface area contributed by atoms with E-state index in [1.807, 2.05) is 0 Å². The predicted octanol–water partition coefficient (Wildman–Crippen LogP) is 2.78. The number of rotatable bonds is 9. The third kappa shape index (κ3) is 4.47. The van der Waals surface area contributed by atoms with Gasteiger partial charge in [-0.25, -0.2) is 0 Å². The molecule has 0 bridgehead atoms. The normalized spacial score (nSPS) is 29.0. The van der Waals surface area contributed by atoms with Crippen molar-refractivity contribution >= 4 is 0 Å². The molecule has 2 aliphatic carbocycles. The molecule has 0 aromatic heterocycles. The van der Waals surface area contributed by atoms with Crippen molar-refractivity contribution < 1.29 is 0 Å². The highest BCUT2D eigenvalue weighted by molar-refractivity contribution is 5.09. The Kier molecular flexibility index (Phi) is 4.86. The number of hydrogen-bond acceptors (Lipinski definition) is 3. The minimum absolute atomic E-state index is 0.269. The molecule has 0 aliphatic heterocycles. The zero-order valence-electron chi connectivity index (χ0n) is 12.8. The van der Waals surface area contributed by atoms with Crippen molar-refractivity contribution in [2.45, 2.75) is 64.0 Å². The Hall–Kier alpha value is -0.590. The Labute approximate surface area is 118 Å². The molecule has 3 nitrogen and oxygen atoms in total. The summed E-state index contributed by atoms with van der Waals surface area (Å²) in [7, 11) is 2.22. The second-order valence-corrected chi connectivity index (χ2v) is 6.80. The van der Waals surface area contributed by atoms with Crippen LogP contribution in [-0.2, 0) is 0 Å². The van der Waals surface area contributed by atoms with Gasteiger partial charge in [0.05, 0.1) is 6.07 Å². The van der Waals surface area contributed by atoms with Crippen LogP contribution in [0.4, 0.5) is 0 Å². The molecule has 0 heterocycles. The van der Waals surface area contributed by atoms with Crippen molar-refractivity contribution in [1.29, 1.82) is 5.26 Å². The van der Waals surface area contributed by atoms with Crippen LogP contribution >= 0.6 is 0 Å². The maximum atomic E-state index is 9.48. The van der Waals surface area contributed by atoms with Crippen molar-refractivity contribution in [3.05, 3.63) is 0 Å². The molecular weight excluding hydrogens is 234 g/mol. The fourth-order valence-electron chi connectivity index (χ4n) is 2.93. The summed E-state index contributed by atoms with van der Waals surface area (Å²) >= 11 is 0. The Bertz CT molecular complexity index is 331. The highest BCUT2D eigenvalue weighted by Crippen LogP contribution is 2.38. The number of nitrogens with zero attached hydrogens (tertiary/aromatic N) is 2. The summed E-state index contributed by atoms with van der Waals surface area (Å²) in [5.41, 5.74) is -0.269. The van der Waals surface area contributed by atoms with Crippen LogP contribution in [0.5, 0.6) is 0 Å². The zero-order valence-corrected chi connectivity index (χ0v) is 12.8.